The van der Waals surface area contributed by atoms with Crippen molar-refractivity contribution in [1.29, 1.82) is 0 Å². The van der Waals surface area contributed by atoms with Crippen molar-refractivity contribution in [3.8, 4) is 0 Å². The third-order valence-electron chi connectivity index (χ3n) is 2.27. The SMILES string of the molecule is CC(C)(C)[C@@H](N)C(=O)N[C@@H]1CONC1=O. The average molecular weight is 215 g/mol. The van der Waals surface area contributed by atoms with E-state index in [0.29, 0.717) is 0 Å². The highest BCUT2D eigenvalue weighted by Crippen LogP contribution is 2.17. The van der Waals surface area contributed by atoms with Crippen LogP contribution in [0.25, 0.3) is 0 Å². The van der Waals surface area contributed by atoms with Crippen molar-refractivity contribution in [3.05, 3.63) is 0 Å². The summed E-state index contributed by atoms with van der Waals surface area (Å²) in [6.45, 7) is 5.73. The molecule has 0 aromatic carbocycles. The van der Waals surface area contributed by atoms with Crippen LogP contribution >= 0.6 is 0 Å². The van der Waals surface area contributed by atoms with Gasteiger partial charge in [0.05, 0.1) is 6.04 Å². The summed E-state index contributed by atoms with van der Waals surface area (Å²) in [6.07, 6.45) is 0. The third-order valence-corrected chi connectivity index (χ3v) is 2.27. The van der Waals surface area contributed by atoms with E-state index in [-0.39, 0.29) is 23.8 Å². The lowest BCUT2D eigenvalue weighted by Gasteiger charge is -2.26. The number of amides is 2. The molecular formula is C9H17N3O3. The minimum atomic E-state index is -0.647. The predicted molar refractivity (Wildman–Crippen MR) is 53.5 cm³/mol. The number of hydroxylamine groups is 1. The lowest BCUT2D eigenvalue weighted by atomic mass is 9.87. The van der Waals surface area contributed by atoms with Crippen LogP contribution < -0.4 is 16.5 Å². The topological polar surface area (TPSA) is 93.5 Å². The molecule has 2 atom stereocenters. The van der Waals surface area contributed by atoms with Crippen LogP contribution in [0.4, 0.5) is 0 Å². The van der Waals surface area contributed by atoms with E-state index >= 15 is 0 Å². The molecule has 0 unspecified atom stereocenters. The second-order valence-corrected chi connectivity index (χ2v) is 4.68. The number of carbonyl (C=O) groups excluding carboxylic acids is 2. The van der Waals surface area contributed by atoms with Crippen LogP contribution in [0, 0.1) is 5.41 Å². The Labute approximate surface area is 88.5 Å². The van der Waals surface area contributed by atoms with Gasteiger partial charge in [0, 0.05) is 0 Å². The lowest BCUT2D eigenvalue weighted by Crippen LogP contribution is -2.53. The molecule has 4 N–H and O–H groups in total. The first kappa shape index (κ1) is 11.9. The van der Waals surface area contributed by atoms with Crippen molar-refractivity contribution < 1.29 is 14.4 Å². The molecule has 6 nitrogen and oxygen atoms in total. The Morgan fingerprint density at radius 3 is 2.67 bits per heavy atom. The normalized spacial score (nSPS) is 23.5. The molecule has 0 bridgehead atoms. The van der Waals surface area contributed by atoms with Crippen molar-refractivity contribution >= 4 is 11.8 Å². The smallest absolute Gasteiger partial charge is 0.268 e. The van der Waals surface area contributed by atoms with Crippen LogP contribution in [0.2, 0.25) is 0 Å². The number of nitrogens with two attached hydrogens (primary N) is 1. The minimum Gasteiger partial charge on any atom is -0.341 e. The van der Waals surface area contributed by atoms with Gasteiger partial charge in [-0.2, -0.15) is 0 Å². The van der Waals surface area contributed by atoms with Gasteiger partial charge in [-0.05, 0) is 5.41 Å². The van der Waals surface area contributed by atoms with Crippen LogP contribution in [0.5, 0.6) is 0 Å². The van der Waals surface area contributed by atoms with Crippen LogP contribution in [0.3, 0.4) is 0 Å². The molecule has 0 spiro atoms. The number of rotatable bonds is 2. The van der Waals surface area contributed by atoms with Crippen molar-refractivity contribution in [2.45, 2.75) is 32.9 Å². The molecule has 1 heterocycles. The van der Waals surface area contributed by atoms with E-state index < -0.39 is 12.1 Å². The maximum Gasteiger partial charge on any atom is 0.268 e. The van der Waals surface area contributed by atoms with Gasteiger partial charge < -0.3 is 11.1 Å². The van der Waals surface area contributed by atoms with E-state index in [1.165, 1.54) is 0 Å². The van der Waals surface area contributed by atoms with Crippen molar-refractivity contribution in [3.63, 3.8) is 0 Å². The maximum atomic E-state index is 11.6. The quantitative estimate of drug-likeness (QED) is 0.545. The van der Waals surface area contributed by atoms with Gasteiger partial charge in [0.1, 0.15) is 12.6 Å². The standard InChI is InChI=1S/C9H17N3O3/c1-9(2,3)6(10)8(14)11-5-4-15-12-7(5)13/h5-6H,4,10H2,1-3H3,(H,11,14)(H,12,13)/t5-,6+/m1/s1. The van der Waals surface area contributed by atoms with Gasteiger partial charge in [0.25, 0.3) is 5.91 Å². The van der Waals surface area contributed by atoms with Gasteiger partial charge in [-0.3, -0.25) is 14.4 Å². The first-order chi connectivity index (χ1) is 6.82. The molecule has 86 valence electrons. The molecule has 0 saturated carbocycles. The van der Waals surface area contributed by atoms with E-state index in [0.717, 1.165) is 0 Å². The molecule has 1 aliphatic heterocycles. The van der Waals surface area contributed by atoms with Crippen LogP contribution in [0.1, 0.15) is 20.8 Å². The zero-order chi connectivity index (χ0) is 11.6. The highest BCUT2D eigenvalue weighted by Gasteiger charge is 2.32. The summed E-state index contributed by atoms with van der Waals surface area (Å²) in [7, 11) is 0. The molecule has 0 aromatic rings. The molecule has 1 saturated heterocycles. The Balaban J connectivity index is 2.52. The van der Waals surface area contributed by atoms with Crippen LogP contribution in [-0.2, 0) is 14.4 Å². The van der Waals surface area contributed by atoms with Gasteiger partial charge in [-0.15, -0.1) is 0 Å². The highest BCUT2D eigenvalue weighted by atomic mass is 16.7. The molecular weight excluding hydrogens is 198 g/mol. The molecule has 0 aromatic heterocycles. The Kier molecular flexibility index (Phi) is 3.31. The first-order valence-electron chi connectivity index (χ1n) is 4.80. The molecule has 0 radical (unpaired) electrons. The zero-order valence-electron chi connectivity index (χ0n) is 9.16. The van der Waals surface area contributed by atoms with Gasteiger partial charge in [-0.1, -0.05) is 20.8 Å². The number of nitrogens with one attached hydrogen (secondary N) is 2. The number of hydrogen-bond acceptors (Lipinski definition) is 4. The van der Waals surface area contributed by atoms with Crippen LogP contribution in [-0.4, -0.2) is 30.5 Å². The van der Waals surface area contributed by atoms with Gasteiger partial charge in [0.15, 0.2) is 0 Å². The van der Waals surface area contributed by atoms with Gasteiger partial charge >= 0.3 is 0 Å². The van der Waals surface area contributed by atoms with E-state index in [9.17, 15) is 9.59 Å². The summed E-state index contributed by atoms with van der Waals surface area (Å²) in [5, 5.41) is 2.53. The fourth-order valence-electron chi connectivity index (χ4n) is 1.10. The van der Waals surface area contributed by atoms with Crippen LogP contribution in [0.15, 0.2) is 0 Å². The van der Waals surface area contributed by atoms with E-state index in [1.54, 1.807) is 0 Å². The zero-order valence-corrected chi connectivity index (χ0v) is 9.16. The van der Waals surface area contributed by atoms with Gasteiger partial charge in [-0.25, -0.2) is 5.48 Å². The summed E-state index contributed by atoms with van der Waals surface area (Å²) in [5.41, 5.74) is 7.56. The molecule has 1 fully saturated rings. The molecule has 1 rings (SSSR count). The highest BCUT2D eigenvalue weighted by molar-refractivity contribution is 5.90. The third kappa shape index (κ3) is 2.90. The Bertz CT molecular complexity index is 272. The fourth-order valence-corrected chi connectivity index (χ4v) is 1.10. The molecule has 2 amide bonds. The monoisotopic (exact) mass is 215 g/mol. The van der Waals surface area contributed by atoms with E-state index in [2.05, 4.69) is 15.6 Å². The number of carbonyl (C=O) groups is 2. The minimum absolute atomic E-state index is 0.140. The Hall–Kier alpha value is -1.14. The maximum absolute atomic E-state index is 11.6. The molecule has 6 heteroatoms. The van der Waals surface area contributed by atoms with E-state index in [4.69, 9.17) is 5.73 Å². The lowest BCUT2D eigenvalue weighted by molar-refractivity contribution is -0.130. The van der Waals surface area contributed by atoms with Gasteiger partial charge in [0.2, 0.25) is 5.91 Å². The van der Waals surface area contributed by atoms with Crippen molar-refractivity contribution in [2.24, 2.45) is 11.1 Å². The predicted octanol–water partition coefficient (Wildman–Crippen LogP) is -1.09. The first-order valence-corrected chi connectivity index (χ1v) is 4.80. The summed E-state index contributed by atoms with van der Waals surface area (Å²) < 4.78 is 0. The summed E-state index contributed by atoms with van der Waals surface area (Å²) in [6, 6.07) is -1.28. The van der Waals surface area contributed by atoms with Crippen molar-refractivity contribution in [1.82, 2.24) is 10.8 Å². The summed E-state index contributed by atoms with van der Waals surface area (Å²) in [5.74, 6) is -0.683. The Morgan fingerprint density at radius 1 is 1.67 bits per heavy atom. The van der Waals surface area contributed by atoms with E-state index in [1.807, 2.05) is 20.8 Å². The molecule has 0 aliphatic carbocycles. The fraction of sp³-hybridized carbons (Fsp3) is 0.778. The second kappa shape index (κ2) is 4.16. The van der Waals surface area contributed by atoms with Crippen molar-refractivity contribution in [2.75, 3.05) is 6.61 Å². The summed E-state index contributed by atoms with van der Waals surface area (Å²) in [4.78, 5) is 27.4. The Morgan fingerprint density at radius 2 is 2.27 bits per heavy atom. The molecule has 15 heavy (non-hydrogen) atoms. The number of hydrogen-bond donors (Lipinski definition) is 3. The largest absolute Gasteiger partial charge is 0.341 e. The molecule has 1 aliphatic rings. The average Bonchev–Trinajstić information content (AvgIpc) is 2.49. The second-order valence-electron chi connectivity index (χ2n) is 4.68. The summed E-state index contributed by atoms with van der Waals surface area (Å²) >= 11 is 0.